The number of allylic oxidation sites excluding steroid dienone is 1. The zero-order chi connectivity index (χ0) is 23.1. The first-order valence-electron chi connectivity index (χ1n) is 9.43. The second-order valence-corrected chi connectivity index (χ2v) is 6.50. The highest BCUT2D eigenvalue weighted by Gasteiger charge is 2.14. The van der Waals surface area contributed by atoms with E-state index in [4.69, 9.17) is 14.2 Å². The number of rotatable bonds is 8. The lowest BCUT2D eigenvalue weighted by molar-refractivity contribution is -0.384. The SMILES string of the molecule is COc1ccc(C(=O)C=Cc2ccccc2OC(=O)c2ccc([N+](=O)[O-])cc2)c(OC)c1. The summed E-state index contributed by atoms with van der Waals surface area (Å²) in [6.45, 7) is 0. The Labute approximate surface area is 183 Å². The van der Waals surface area contributed by atoms with Crippen molar-refractivity contribution < 1.29 is 28.7 Å². The lowest BCUT2D eigenvalue weighted by Gasteiger charge is -2.09. The van der Waals surface area contributed by atoms with E-state index in [0.717, 1.165) is 0 Å². The smallest absolute Gasteiger partial charge is 0.343 e. The highest BCUT2D eigenvalue weighted by Crippen LogP contribution is 2.26. The molecular formula is C24H19NO7. The number of nitro groups is 1. The van der Waals surface area contributed by atoms with Gasteiger partial charge < -0.3 is 14.2 Å². The first-order valence-corrected chi connectivity index (χ1v) is 9.43. The van der Waals surface area contributed by atoms with Gasteiger partial charge in [0.25, 0.3) is 5.69 Å². The number of non-ortho nitro benzene ring substituents is 1. The van der Waals surface area contributed by atoms with E-state index in [0.29, 0.717) is 22.6 Å². The molecule has 3 rings (SSSR count). The molecule has 0 amide bonds. The van der Waals surface area contributed by atoms with Crippen molar-refractivity contribution in [2.24, 2.45) is 0 Å². The molecule has 0 aromatic heterocycles. The van der Waals surface area contributed by atoms with Gasteiger partial charge in [-0.05, 0) is 42.5 Å². The van der Waals surface area contributed by atoms with E-state index >= 15 is 0 Å². The quantitative estimate of drug-likeness (QED) is 0.126. The third-order valence-electron chi connectivity index (χ3n) is 4.52. The summed E-state index contributed by atoms with van der Waals surface area (Å²) in [5, 5.41) is 10.8. The molecule has 0 saturated heterocycles. The maximum atomic E-state index is 12.7. The summed E-state index contributed by atoms with van der Waals surface area (Å²) < 4.78 is 15.8. The molecule has 0 N–H and O–H groups in total. The fourth-order valence-electron chi connectivity index (χ4n) is 2.85. The average Bonchev–Trinajstić information content (AvgIpc) is 2.82. The van der Waals surface area contributed by atoms with E-state index in [-0.39, 0.29) is 22.8 Å². The Balaban J connectivity index is 1.79. The van der Waals surface area contributed by atoms with Gasteiger partial charge in [-0.1, -0.05) is 18.2 Å². The van der Waals surface area contributed by atoms with Gasteiger partial charge in [-0.3, -0.25) is 14.9 Å². The Hall–Kier alpha value is -4.46. The van der Waals surface area contributed by atoms with Crippen LogP contribution in [0.2, 0.25) is 0 Å². The molecule has 0 aliphatic rings. The van der Waals surface area contributed by atoms with Crippen molar-refractivity contribution in [1.29, 1.82) is 0 Å². The van der Waals surface area contributed by atoms with Crippen LogP contribution in [-0.4, -0.2) is 30.9 Å². The Kier molecular flexibility index (Phi) is 6.97. The van der Waals surface area contributed by atoms with Gasteiger partial charge in [0.2, 0.25) is 0 Å². The Morgan fingerprint density at radius 2 is 1.62 bits per heavy atom. The van der Waals surface area contributed by atoms with Crippen LogP contribution in [0.3, 0.4) is 0 Å². The van der Waals surface area contributed by atoms with Crippen molar-refractivity contribution in [3.05, 3.63) is 99.6 Å². The Bertz CT molecular complexity index is 1180. The number of hydrogen-bond acceptors (Lipinski definition) is 7. The van der Waals surface area contributed by atoms with Crippen molar-refractivity contribution in [2.45, 2.75) is 0 Å². The molecule has 8 heteroatoms. The summed E-state index contributed by atoms with van der Waals surface area (Å²) in [6.07, 6.45) is 2.88. The fraction of sp³-hybridized carbons (Fsp3) is 0.0833. The van der Waals surface area contributed by atoms with E-state index in [2.05, 4.69) is 0 Å². The van der Waals surface area contributed by atoms with Crippen LogP contribution >= 0.6 is 0 Å². The number of ether oxygens (including phenoxy) is 3. The molecule has 0 aliphatic heterocycles. The van der Waals surface area contributed by atoms with Crippen molar-refractivity contribution >= 4 is 23.5 Å². The van der Waals surface area contributed by atoms with Crippen LogP contribution in [-0.2, 0) is 0 Å². The minimum absolute atomic E-state index is 0.127. The summed E-state index contributed by atoms with van der Waals surface area (Å²) in [6, 6.07) is 16.7. The van der Waals surface area contributed by atoms with Crippen LogP contribution < -0.4 is 14.2 Å². The van der Waals surface area contributed by atoms with Crippen LogP contribution in [0, 0.1) is 10.1 Å². The molecule has 0 heterocycles. The van der Waals surface area contributed by atoms with Gasteiger partial charge in [0.15, 0.2) is 5.78 Å². The normalized spacial score (nSPS) is 10.6. The van der Waals surface area contributed by atoms with Gasteiger partial charge in [0.1, 0.15) is 17.2 Å². The minimum atomic E-state index is -0.677. The molecule has 0 aliphatic carbocycles. The van der Waals surface area contributed by atoms with Crippen LogP contribution in [0.4, 0.5) is 5.69 Å². The van der Waals surface area contributed by atoms with E-state index in [1.165, 1.54) is 50.6 Å². The molecule has 0 saturated carbocycles. The number of carbonyl (C=O) groups excluding carboxylic acids is 2. The summed E-state index contributed by atoms with van der Waals surface area (Å²) >= 11 is 0. The second kappa shape index (κ2) is 10.0. The van der Waals surface area contributed by atoms with Crippen molar-refractivity contribution in [3.63, 3.8) is 0 Å². The van der Waals surface area contributed by atoms with E-state index in [9.17, 15) is 19.7 Å². The predicted molar refractivity (Wildman–Crippen MR) is 117 cm³/mol. The maximum Gasteiger partial charge on any atom is 0.343 e. The van der Waals surface area contributed by atoms with Gasteiger partial charge in [-0.15, -0.1) is 0 Å². The van der Waals surface area contributed by atoms with Gasteiger partial charge in [0, 0.05) is 23.8 Å². The van der Waals surface area contributed by atoms with Gasteiger partial charge >= 0.3 is 5.97 Å². The largest absolute Gasteiger partial charge is 0.497 e. The Morgan fingerprint density at radius 3 is 2.28 bits per heavy atom. The topological polar surface area (TPSA) is 105 Å². The summed E-state index contributed by atoms with van der Waals surface area (Å²) in [5.41, 5.74) is 0.888. The molecular weight excluding hydrogens is 414 g/mol. The molecule has 8 nitrogen and oxygen atoms in total. The van der Waals surface area contributed by atoms with Crippen LogP contribution in [0.25, 0.3) is 6.08 Å². The molecule has 0 atom stereocenters. The fourth-order valence-corrected chi connectivity index (χ4v) is 2.85. The van der Waals surface area contributed by atoms with Gasteiger partial charge in [-0.2, -0.15) is 0 Å². The number of hydrogen-bond donors (Lipinski definition) is 0. The summed E-state index contributed by atoms with van der Waals surface area (Å²) in [4.78, 5) is 35.3. The molecule has 32 heavy (non-hydrogen) atoms. The van der Waals surface area contributed by atoms with Gasteiger partial charge in [0.05, 0.1) is 30.3 Å². The number of nitrogens with zero attached hydrogens (tertiary/aromatic N) is 1. The molecule has 0 fully saturated rings. The number of ketones is 1. The molecule has 162 valence electrons. The lowest BCUT2D eigenvalue weighted by atomic mass is 10.1. The highest BCUT2D eigenvalue weighted by atomic mass is 16.6. The van der Waals surface area contributed by atoms with Crippen LogP contribution in [0.5, 0.6) is 17.2 Å². The average molecular weight is 433 g/mol. The standard InChI is InChI=1S/C24H19NO7/c1-30-19-12-13-20(23(15-19)31-2)21(26)14-9-16-5-3-4-6-22(16)32-24(27)17-7-10-18(11-8-17)25(28)29/h3-15H,1-2H3. The minimum Gasteiger partial charge on any atom is -0.497 e. The van der Waals surface area contributed by atoms with Crippen LogP contribution in [0.1, 0.15) is 26.3 Å². The van der Waals surface area contributed by atoms with Crippen molar-refractivity contribution in [3.8, 4) is 17.2 Å². The lowest BCUT2D eigenvalue weighted by Crippen LogP contribution is -2.09. The third-order valence-corrected chi connectivity index (χ3v) is 4.52. The highest BCUT2D eigenvalue weighted by molar-refractivity contribution is 6.09. The summed E-state index contributed by atoms with van der Waals surface area (Å²) in [7, 11) is 2.98. The first kappa shape index (κ1) is 22.2. The molecule has 0 radical (unpaired) electrons. The number of benzene rings is 3. The van der Waals surface area contributed by atoms with E-state index in [1.54, 1.807) is 42.5 Å². The zero-order valence-corrected chi connectivity index (χ0v) is 17.3. The number of para-hydroxylation sites is 1. The number of carbonyl (C=O) groups is 2. The molecule has 0 bridgehead atoms. The van der Waals surface area contributed by atoms with Gasteiger partial charge in [-0.25, -0.2) is 4.79 Å². The number of esters is 1. The third kappa shape index (κ3) is 5.17. The molecule has 0 spiro atoms. The van der Waals surface area contributed by atoms with E-state index < -0.39 is 10.9 Å². The maximum absolute atomic E-state index is 12.7. The monoisotopic (exact) mass is 433 g/mol. The second-order valence-electron chi connectivity index (χ2n) is 6.50. The summed E-state index contributed by atoms with van der Waals surface area (Å²) in [5.74, 6) is 0.189. The van der Waals surface area contributed by atoms with Crippen LogP contribution in [0.15, 0.2) is 72.8 Å². The zero-order valence-electron chi connectivity index (χ0n) is 17.3. The molecule has 0 unspecified atom stereocenters. The number of methoxy groups -OCH3 is 2. The first-order chi connectivity index (χ1) is 15.4. The predicted octanol–water partition coefficient (Wildman–Crippen LogP) is 4.73. The molecule has 3 aromatic carbocycles. The Morgan fingerprint density at radius 1 is 0.906 bits per heavy atom. The van der Waals surface area contributed by atoms with Crippen molar-refractivity contribution in [1.82, 2.24) is 0 Å². The van der Waals surface area contributed by atoms with E-state index in [1.807, 2.05) is 0 Å². The number of nitro benzene ring substituents is 1. The van der Waals surface area contributed by atoms with Crippen molar-refractivity contribution in [2.75, 3.05) is 14.2 Å². The molecule has 3 aromatic rings.